The first kappa shape index (κ1) is 20.5. The van der Waals surface area contributed by atoms with Crippen molar-refractivity contribution < 1.29 is 9.59 Å². The van der Waals surface area contributed by atoms with Crippen LogP contribution >= 0.6 is 0 Å². The van der Waals surface area contributed by atoms with Crippen LogP contribution in [0.1, 0.15) is 46.9 Å². The maximum absolute atomic E-state index is 12.8. The number of benzene rings is 1. The van der Waals surface area contributed by atoms with Crippen LogP contribution in [-0.2, 0) is 4.79 Å². The van der Waals surface area contributed by atoms with Gasteiger partial charge < -0.3 is 10.2 Å². The van der Waals surface area contributed by atoms with E-state index in [4.69, 9.17) is 0 Å². The number of hydrogen-bond donors (Lipinski definition) is 1. The van der Waals surface area contributed by atoms with Gasteiger partial charge in [-0.1, -0.05) is 17.7 Å². The minimum absolute atomic E-state index is 0.0467. The van der Waals surface area contributed by atoms with Gasteiger partial charge in [-0.2, -0.15) is 5.10 Å². The number of hydrogen-bond acceptors (Lipinski definition) is 4. The summed E-state index contributed by atoms with van der Waals surface area (Å²) in [5.41, 5.74) is 5.11. The van der Waals surface area contributed by atoms with Crippen LogP contribution in [-0.4, -0.2) is 45.1 Å². The van der Waals surface area contributed by atoms with E-state index in [2.05, 4.69) is 15.4 Å². The standard InChI is InChI=1S/C22H27N5O2/c1-13(2)27-21-17(11-24-27)9-18(10-23-21)22(29)26(6)12-19(28)25-20-15(4)7-14(3)8-16(20)5/h7-11,13H,12H2,1-6H3,(H,25,28). The Bertz CT molecular complexity index is 1060. The van der Waals surface area contributed by atoms with E-state index in [9.17, 15) is 9.59 Å². The second kappa shape index (κ2) is 8.03. The van der Waals surface area contributed by atoms with Crippen molar-refractivity contribution in [1.29, 1.82) is 0 Å². The summed E-state index contributed by atoms with van der Waals surface area (Å²) in [6.45, 7) is 9.95. The van der Waals surface area contributed by atoms with Gasteiger partial charge in [-0.3, -0.25) is 9.59 Å². The highest BCUT2D eigenvalue weighted by Crippen LogP contribution is 2.22. The monoisotopic (exact) mass is 393 g/mol. The van der Waals surface area contributed by atoms with Gasteiger partial charge in [0.25, 0.3) is 5.91 Å². The number of nitrogens with one attached hydrogen (secondary N) is 1. The summed E-state index contributed by atoms with van der Waals surface area (Å²) in [6.07, 6.45) is 3.24. The maximum atomic E-state index is 12.8. The highest BCUT2D eigenvalue weighted by atomic mass is 16.2. The molecule has 7 heteroatoms. The Labute approximate surface area is 170 Å². The first-order chi connectivity index (χ1) is 13.7. The fourth-order valence-electron chi connectivity index (χ4n) is 3.50. The lowest BCUT2D eigenvalue weighted by atomic mass is 10.1. The topological polar surface area (TPSA) is 80.1 Å². The van der Waals surface area contributed by atoms with Crippen molar-refractivity contribution in [2.75, 3.05) is 18.9 Å². The molecule has 1 aromatic carbocycles. The van der Waals surface area contributed by atoms with Gasteiger partial charge in [-0.25, -0.2) is 9.67 Å². The Morgan fingerprint density at radius 1 is 1.10 bits per heavy atom. The van der Waals surface area contributed by atoms with E-state index < -0.39 is 0 Å². The molecule has 1 N–H and O–H groups in total. The third-order valence-corrected chi connectivity index (χ3v) is 4.84. The average Bonchev–Trinajstić information content (AvgIpc) is 3.07. The number of nitrogens with zero attached hydrogens (tertiary/aromatic N) is 4. The summed E-state index contributed by atoms with van der Waals surface area (Å²) in [5, 5.41) is 8.05. The fourth-order valence-corrected chi connectivity index (χ4v) is 3.50. The van der Waals surface area contributed by atoms with Crippen molar-refractivity contribution in [1.82, 2.24) is 19.7 Å². The number of fused-ring (bicyclic) bond motifs is 1. The van der Waals surface area contributed by atoms with Gasteiger partial charge in [0.2, 0.25) is 5.91 Å². The highest BCUT2D eigenvalue weighted by Gasteiger charge is 2.18. The molecule has 2 aromatic heterocycles. The lowest BCUT2D eigenvalue weighted by molar-refractivity contribution is -0.116. The van der Waals surface area contributed by atoms with Crippen LogP contribution in [0.2, 0.25) is 0 Å². The lowest BCUT2D eigenvalue weighted by Crippen LogP contribution is -2.35. The number of pyridine rings is 1. The number of aromatic nitrogens is 3. The Balaban J connectivity index is 1.72. The number of likely N-dealkylation sites (N-methyl/N-ethyl adjacent to an activating group) is 1. The van der Waals surface area contributed by atoms with Gasteiger partial charge in [0, 0.05) is 30.4 Å². The summed E-state index contributed by atoms with van der Waals surface area (Å²) >= 11 is 0. The SMILES string of the molecule is Cc1cc(C)c(NC(=O)CN(C)C(=O)c2cnc3c(cnn3C(C)C)c2)c(C)c1. The van der Waals surface area contributed by atoms with Gasteiger partial charge in [0.05, 0.1) is 18.3 Å². The quantitative estimate of drug-likeness (QED) is 0.718. The molecule has 2 amide bonds. The van der Waals surface area contributed by atoms with Crippen LogP contribution < -0.4 is 5.32 Å². The minimum Gasteiger partial charge on any atom is -0.332 e. The van der Waals surface area contributed by atoms with Gasteiger partial charge >= 0.3 is 0 Å². The van der Waals surface area contributed by atoms with Crippen LogP contribution in [0.4, 0.5) is 5.69 Å². The Hall–Kier alpha value is -3.22. The largest absolute Gasteiger partial charge is 0.332 e. The van der Waals surface area contributed by atoms with E-state index in [0.29, 0.717) is 5.56 Å². The number of anilines is 1. The molecule has 0 saturated heterocycles. The van der Waals surface area contributed by atoms with Gasteiger partial charge in [0.15, 0.2) is 5.65 Å². The molecule has 7 nitrogen and oxygen atoms in total. The van der Waals surface area contributed by atoms with Gasteiger partial charge in [0.1, 0.15) is 0 Å². The number of rotatable bonds is 5. The molecule has 0 spiro atoms. The second-order valence-corrected chi connectivity index (χ2v) is 7.80. The van der Waals surface area contributed by atoms with Crippen molar-refractivity contribution in [2.45, 2.75) is 40.7 Å². The van der Waals surface area contributed by atoms with E-state index in [0.717, 1.165) is 33.4 Å². The van der Waals surface area contributed by atoms with Crippen LogP contribution in [0.3, 0.4) is 0 Å². The third-order valence-electron chi connectivity index (χ3n) is 4.84. The van der Waals surface area contributed by atoms with Crippen molar-refractivity contribution in [3.63, 3.8) is 0 Å². The first-order valence-electron chi connectivity index (χ1n) is 9.63. The zero-order valence-electron chi connectivity index (χ0n) is 17.8. The molecule has 0 saturated carbocycles. The van der Waals surface area contributed by atoms with Crippen molar-refractivity contribution in [3.05, 3.63) is 52.8 Å². The molecule has 3 rings (SSSR count). The maximum Gasteiger partial charge on any atom is 0.255 e. The number of carbonyl (C=O) groups excluding carboxylic acids is 2. The molecule has 0 aliphatic rings. The molecule has 0 aliphatic heterocycles. The van der Waals surface area contributed by atoms with E-state index in [1.807, 2.05) is 51.4 Å². The summed E-state index contributed by atoms with van der Waals surface area (Å²) in [6, 6.07) is 5.99. The first-order valence-corrected chi connectivity index (χ1v) is 9.63. The smallest absolute Gasteiger partial charge is 0.255 e. The second-order valence-electron chi connectivity index (χ2n) is 7.80. The van der Waals surface area contributed by atoms with Crippen LogP contribution in [0, 0.1) is 20.8 Å². The summed E-state index contributed by atoms with van der Waals surface area (Å²) in [4.78, 5) is 31.1. The van der Waals surface area contributed by atoms with Crippen molar-refractivity contribution in [3.8, 4) is 0 Å². The van der Waals surface area contributed by atoms with Gasteiger partial charge in [-0.15, -0.1) is 0 Å². The van der Waals surface area contributed by atoms with Crippen LogP contribution in [0.5, 0.6) is 0 Å². The summed E-state index contributed by atoms with van der Waals surface area (Å²) in [5.74, 6) is -0.498. The van der Waals surface area contributed by atoms with Crippen molar-refractivity contribution in [2.24, 2.45) is 0 Å². The Morgan fingerprint density at radius 2 is 1.76 bits per heavy atom. The molecule has 0 atom stereocenters. The number of amides is 2. The molecule has 152 valence electrons. The van der Waals surface area contributed by atoms with Crippen molar-refractivity contribution >= 4 is 28.5 Å². The molecular formula is C22H27N5O2. The third kappa shape index (κ3) is 4.29. The molecule has 3 aromatic rings. The van der Waals surface area contributed by atoms with Gasteiger partial charge in [-0.05, 0) is 51.8 Å². The molecular weight excluding hydrogens is 366 g/mol. The van der Waals surface area contributed by atoms with Crippen LogP contribution in [0.25, 0.3) is 11.0 Å². The highest BCUT2D eigenvalue weighted by molar-refractivity contribution is 6.01. The number of aryl methyl sites for hydroxylation is 3. The fraction of sp³-hybridized carbons (Fsp3) is 0.364. The zero-order chi connectivity index (χ0) is 21.3. The molecule has 2 heterocycles. The molecule has 0 radical (unpaired) electrons. The van der Waals surface area contributed by atoms with E-state index in [1.165, 1.54) is 11.1 Å². The Morgan fingerprint density at radius 3 is 2.38 bits per heavy atom. The van der Waals surface area contributed by atoms with E-state index in [-0.39, 0.29) is 24.4 Å². The molecule has 0 aliphatic carbocycles. The summed E-state index contributed by atoms with van der Waals surface area (Å²) < 4.78 is 1.81. The van der Waals surface area contributed by atoms with Crippen LogP contribution in [0.15, 0.2) is 30.6 Å². The predicted octanol–water partition coefficient (Wildman–Crippen LogP) is 3.65. The Kier molecular flexibility index (Phi) is 5.68. The normalized spacial score (nSPS) is 11.1. The predicted molar refractivity (Wildman–Crippen MR) is 114 cm³/mol. The van der Waals surface area contributed by atoms with E-state index in [1.54, 1.807) is 19.3 Å². The minimum atomic E-state index is -0.260. The molecule has 0 unspecified atom stereocenters. The zero-order valence-corrected chi connectivity index (χ0v) is 17.8. The number of carbonyl (C=O) groups is 2. The van der Waals surface area contributed by atoms with E-state index >= 15 is 0 Å². The summed E-state index contributed by atoms with van der Waals surface area (Å²) in [7, 11) is 1.61. The molecule has 0 bridgehead atoms. The molecule has 0 fully saturated rings. The lowest BCUT2D eigenvalue weighted by Gasteiger charge is -2.18. The average molecular weight is 393 g/mol. The molecule has 29 heavy (non-hydrogen) atoms.